The highest BCUT2D eigenvalue weighted by Gasteiger charge is 2.23. The van der Waals surface area contributed by atoms with Crippen LogP contribution in [0, 0.1) is 5.92 Å². The molecule has 0 aliphatic carbocycles. The van der Waals surface area contributed by atoms with Crippen LogP contribution in [0.25, 0.3) is 0 Å². The molecule has 5 nitrogen and oxygen atoms in total. The van der Waals surface area contributed by atoms with Crippen molar-refractivity contribution in [2.45, 2.75) is 25.3 Å². The van der Waals surface area contributed by atoms with E-state index in [1.807, 2.05) is 0 Å². The maximum absolute atomic E-state index is 11.8. The Labute approximate surface area is 97.0 Å². The number of nitrogens with one attached hydrogen (secondary N) is 2. The fourth-order valence-electron chi connectivity index (χ4n) is 2.02. The van der Waals surface area contributed by atoms with Gasteiger partial charge in [0.25, 0.3) is 0 Å². The average molecular weight is 248 g/mol. The van der Waals surface area contributed by atoms with Gasteiger partial charge >= 0.3 is 0 Å². The molecule has 2 aliphatic heterocycles. The largest absolute Gasteiger partial charge is 0.380 e. The normalized spacial score (nSPS) is 27.6. The number of sulfonamides is 1. The summed E-state index contributed by atoms with van der Waals surface area (Å²) < 4.78 is 31.5. The zero-order valence-corrected chi connectivity index (χ0v) is 10.3. The summed E-state index contributed by atoms with van der Waals surface area (Å²) in [7, 11) is -3.11. The van der Waals surface area contributed by atoms with E-state index < -0.39 is 10.0 Å². The molecular weight excluding hydrogens is 228 g/mol. The van der Waals surface area contributed by atoms with Crippen molar-refractivity contribution in [2.24, 2.45) is 5.92 Å². The number of rotatable bonds is 5. The summed E-state index contributed by atoms with van der Waals surface area (Å²) in [6, 6.07) is -0.0155. The van der Waals surface area contributed by atoms with Crippen molar-refractivity contribution in [1.82, 2.24) is 10.0 Å². The summed E-state index contributed by atoms with van der Waals surface area (Å²) in [5.74, 6) is 0.787. The van der Waals surface area contributed by atoms with Crippen molar-refractivity contribution >= 4 is 10.0 Å². The summed E-state index contributed by atoms with van der Waals surface area (Å²) in [5.41, 5.74) is 0. The molecule has 0 aromatic rings. The highest BCUT2D eigenvalue weighted by Crippen LogP contribution is 2.11. The summed E-state index contributed by atoms with van der Waals surface area (Å²) in [4.78, 5) is 0. The van der Waals surface area contributed by atoms with Gasteiger partial charge in [-0.2, -0.15) is 0 Å². The molecule has 0 radical (unpaired) electrons. The number of hydrogen-bond acceptors (Lipinski definition) is 4. The van der Waals surface area contributed by atoms with E-state index in [0.29, 0.717) is 12.5 Å². The molecule has 2 fully saturated rings. The maximum atomic E-state index is 11.8. The van der Waals surface area contributed by atoms with Crippen LogP contribution < -0.4 is 10.0 Å². The standard InChI is InChI=1S/C10H20N2O3S/c13-16(14,5-3-9-6-11-7-9)12-10-2-1-4-15-8-10/h9-12H,1-8H2. The SMILES string of the molecule is O=S(=O)(CCC1CNC1)NC1CCCOC1. The van der Waals surface area contributed by atoms with Gasteiger partial charge in [-0.15, -0.1) is 0 Å². The van der Waals surface area contributed by atoms with Gasteiger partial charge in [0, 0.05) is 12.6 Å². The lowest BCUT2D eigenvalue weighted by Gasteiger charge is -2.27. The lowest BCUT2D eigenvalue weighted by Crippen LogP contribution is -2.45. The molecular formula is C10H20N2O3S. The molecule has 94 valence electrons. The van der Waals surface area contributed by atoms with Gasteiger partial charge in [0.15, 0.2) is 0 Å². The van der Waals surface area contributed by atoms with E-state index in [0.717, 1.165) is 39.0 Å². The molecule has 0 aromatic heterocycles. The molecule has 0 bridgehead atoms. The van der Waals surface area contributed by atoms with E-state index in [2.05, 4.69) is 10.0 Å². The zero-order valence-electron chi connectivity index (χ0n) is 9.44. The number of ether oxygens (including phenoxy) is 1. The van der Waals surface area contributed by atoms with Crippen LogP contribution >= 0.6 is 0 Å². The van der Waals surface area contributed by atoms with Crippen molar-refractivity contribution in [3.8, 4) is 0 Å². The van der Waals surface area contributed by atoms with Crippen LogP contribution in [-0.4, -0.2) is 46.5 Å². The molecule has 0 spiro atoms. The Hall–Kier alpha value is -0.170. The monoisotopic (exact) mass is 248 g/mol. The van der Waals surface area contributed by atoms with Crippen molar-refractivity contribution in [2.75, 3.05) is 32.1 Å². The molecule has 6 heteroatoms. The topological polar surface area (TPSA) is 67.4 Å². The first-order chi connectivity index (χ1) is 7.66. The van der Waals surface area contributed by atoms with Gasteiger partial charge in [-0.25, -0.2) is 13.1 Å². The summed E-state index contributed by atoms with van der Waals surface area (Å²) in [6.45, 7) is 3.19. The smallest absolute Gasteiger partial charge is 0.211 e. The minimum Gasteiger partial charge on any atom is -0.380 e. The predicted molar refractivity (Wildman–Crippen MR) is 61.7 cm³/mol. The van der Waals surface area contributed by atoms with Crippen molar-refractivity contribution in [1.29, 1.82) is 0 Å². The Morgan fingerprint density at radius 2 is 2.19 bits per heavy atom. The van der Waals surface area contributed by atoms with Crippen LogP contribution in [0.5, 0.6) is 0 Å². The van der Waals surface area contributed by atoms with E-state index in [9.17, 15) is 8.42 Å². The van der Waals surface area contributed by atoms with Gasteiger partial charge < -0.3 is 10.1 Å². The van der Waals surface area contributed by atoms with Gasteiger partial charge in [0.05, 0.1) is 12.4 Å². The average Bonchev–Trinajstić information content (AvgIpc) is 2.15. The number of hydrogen-bond donors (Lipinski definition) is 2. The highest BCUT2D eigenvalue weighted by atomic mass is 32.2. The molecule has 0 aromatic carbocycles. The Morgan fingerprint density at radius 3 is 2.75 bits per heavy atom. The van der Waals surface area contributed by atoms with Gasteiger partial charge in [0.1, 0.15) is 0 Å². The van der Waals surface area contributed by atoms with Gasteiger partial charge in [-0.05, 0) is 38.3 Å². The third-order valence-corrected chi connectivity index (χ3v) is 4.63. The van der Waals surface area contributed by atoms with Crippen molar-refractivity contribution < 1.29 is 13.2 Å². The Balaban J connectivity index is 1.72. The van der Waals surface area contributed by atoms with Gasteiger partial charge in [-0.3, -0.25) is 0 Å². The summed E-state index contributed by atoms with van der Waals surface area (Å²) in [5, 5.41) is 3.14. The molecule has 16 heavy (non-hydrogen) atoms. The van der Waals surface area contributed by atoms with Crippen LogP contribution in [0.1, 0.15) is 19.3 Å². The van der Waals surface area contributed by atoms with Crippen LogP contribution in [0.3, 0.4) is 0 Å². The van der Waals surface area contributed by atoms with E-state index in [1.54, 1.807) is 0 Å². The second kappa shape index (κ2) is 5.44. The van der Waals surface area contributed by atoms with Crippen molar-refractivity contribution in [3.05, 3.63) is 0 Å². The van der Waals surface area contributed by atoms with E-state index in [1.165, 1.54) is 0 Å². The Bertz CT molecular complexity index is 308. The lowest BCUT2D eigenvalue weighted by molar-refractivity contribution is 0.0774. The van der Waals surface area contributed by atoms with Crippen molar-refractivity contribution in [3.63, 3.8) is 0 Å². The molecule has 0 saturated carbocycles. The Kier molecular flexibility index (Phi) is 4.18. The van der Waals surface area contributed by atoms with E-state index >= 15 is 0 Å². The van der Waals surface area contributed by atoms with Crippen LogP contribution in [-0.2, 0) is 14.8 Å². The Morgan fingerprint density at radius 1 is 1.38 bits per heavy atom. The second-order valence-electron chi connectivity index (χ2n) is 4.66. The third-order valence-electron chi connectivity index (χ3n) is 3.17. The third kappa shape index (κ3) is 3.69. The first-order valence-electron chi connectivity index (χ1n) is 5.94. The molecule has 2 aliphatic rings. The minimum absolute atomic E-state index is 0.0155. The molecule has 1 atom stereocenters. The van der Waals surface area contributed by atoms with Crippen LogP contribution in [0.15, 0.2) is 0 Å². The lowest BCUT2D eigenvalue weighted by atomic mass is 10.0. The zero-order chi connectivity index (χ0) is 11.4. The predicted octanol–water partition coefficient (Wildman–Crippen LogP) is -0.306. The molecule has 2 heterocycles. The van der Waals surface area contributed by atoms with E-state index in [4.69, 9.17) is 4.74 Å². The minimum atomic E-state index is -3.11. The first-order valence-corrected chi connectivity index (χ1v) is 7.59. The molecule has 1 unspecified atom stereocenters. The van der Waals surface area contributed by atoms with E-state index in [-0.39, 0.29) is 11.8 Å². The fraction of sp³-hybridized carbons (Fsp3) is 1.00. The highest BCUT2D eigenvalue weighted by molar-refractivity contribution is 7.89. The summed E-state index contributed by atoms with van der Waals surface area (Å²) >= 11 is 0. The molecule has 2 N–H and O–H groups in total. The quantitative estimate of drug-likeness (QED) is 0.700. The fourth-order valence-corrected chi connectivity index (χ4v) is 3.48. The first kappa shape index (κ1) is 12.3. The maximum Gasteiger partial charge on any atom is 0.211 e. The van der Waals surface area contributed by atoms with Gasteiger partial charge in [-0.1, -0.05) is 0 Å². The van der Waals surface area contributed by atoms with Crippen LogP contribution in [0.4, 0.5) is 0 Å². The van der Waals surface area contributed by atoms with Gasteiger partial charge in [0.2, 0.25) is 10.0 Å². The van der Waals surface area contributed by atoms with Crippen LogP contribution in [0.2, 0.25) is 0 Å². The summed E-state index contributed by atoms with van der Waals surface area (Å²) in [6.07, 6.45) is 2.60. The molecule has 0 amide bonds. The molecule has 2 saturated heterocycles. The second-order valence-corrected chi connectivity index (χ2v) is 6.54. The molecule has 2 rings (SSSR count).